The minimum atomic E-state index is -0.527. The monoisotopic (exact) mass is 385 g/mol. The highest BCUT2D eigenvalue weighted by atomic mass is 16.5. The van der Waals surface area contributed by atoms with Gasteiger partial charge in [0, 0.05) is 18.4 Å². The van der Waals surface area contributed by atoms with Crippen LogP contribution in [0.15, 0.2) is 36.7 Å². The van der Waals surface area contributed by atoms with Gasteiger partial charge in [0.15, 0.2) is 0 Å². The molecule has 1 aliphatic carbocycles. The lowest BCUT2D eigenvalue weighted by molar-refractivity contribution is 0.0595. The molecule has 0 bridgehead atoms. The quantitative estimate of drug-likeness (QED) is 0.762. The fraction of sp³-hybridized carbons (Fsp3) is 0.400. The Bertz CT molecular complexity index is 834. The van der Waals surface area contributed by atoms with Crippen LogP contribution in [0.5, 0.6) is 11.8 Å². The number of nitrogens with one attached hydrogen (secondary N) is 1. The molecule has 8 nitrogen and oxygen atoms in total. The second kappa shape index (κ2) is 9.16. The average molecular weight is 385 g/mol. The Balaban J connectivity index is 1.56. The first-order valence-corrected chi connectivity index (χ1v) is 9.12. The second-order valence-corrected chi connectivity index (χ2v) is 6.47. The molecule has 0 unspecified atom stereocenters. The molecular weight excluding hydrogens is 362 g/mol. The van der Waals surface area contributed by atoms with E-state index in [2.05, 4.69) is 15.3 Å². The van der Waals surface area contributed by atoms with Crippen molar-refractivity contribution in [2.24, 2.45) is 0 Å². The molecule has 28 heavy (non-hydrogen) atoms. The van der Waals surface area contributed by atoms with Crippen LogP contribution < -0.4 is 14.8 Å². The van der Waals surface area contributed by atoms with Crippen LogP contribution in [0.25, 0.3) is 0 Å². The molecule has 148 valence electrons. The molecule has 0 spiro atoms. The zero-order valence-electron chi connectivity index (χ0n) is 15.9. The molecule has 8 heteroatoms. The summed E-state index contributed by atoms with van der Waals surface area (Å²) < 4.78 is 15.8. The molecule has 0 aliphatic heterocycles. The van der Waals surface area contributed by atoms with Crippen LogP contribution in [0.3, 0.4) is 0 Å². The fourth-order valence-corrected chi connectivity index (χ4v) is 3.25. The Labute approximate surface area is 163 Å². The van der Waals surface area contributed by atoms with Crippen molar-refractivity contribution < 1.29 is 23.8 Å². The standard InChI is InChI=1S/C20H23N3O5/c1-26-18-19(22-12-11-21-18)28-14-9-7-13(8-10-14)23-17(24)15-5-3-4-6-16(15)20(25)27-2/h3-6,11-14H,7-10H2,1-2H3,(H,23,24). The number of methoxy groups -OCH3 is 2. The van der Waals surface area contributed by atoms with Crippen molar-refractivity contribution in [3.05, 3.63) is 47.8 Å². The maximum atomic E-state index is 12.6. The number of carbonyl (C=O) groups is 2. The van der Waals surface area contributed by atoms with Crippen molar-refractivity contribution in [1.82, 2.24) is 15.3 Å². The van der Waals surface area contributed by atoms with E-state index in [-0.39, 0.29) is 23.6 Å². The van der Waals surface area contributed by atoms with E-state index in [0.717, 1.165) is 25.7 Å². The van der Waals surface area contributed by atoms with Crippen LogP contribution in [0.1, 0.15) is 46.4 Å². The molecule has 1 fully saturated rings. The summed E-state index contributed by atoms with van der Waals surface area (Å²) >= 11 is 0. The van der Waals surface area contributed by atoms with Gasteiger partial charge in [-0.3, -0.25) is 4.79 Å². The van der Waals surface area contributed by atoms with Crippen molar-refractivity contribution in [2.45, 2.75) is 37.8 Å². The van der Waals surface area contributed by atoms with Gasteiger partial charge in [0.1, 0.15) is 6.10 Å². The lowest BCUT2D eigenvalue weighted by Gasteiger charge is -2.29. The first-order valence-electron chi connectivity index (χ1n) is 9.12. The van der Waals surface area contributed by atoms with Gasteiger partial charge in [-0.2, -0.15) is 0 Å². The molecule has 1 aliphatic rings. The number of benzene rings is 1. The van der Waals surface area contributed by atoms with Crippen molar-refractivity contribution in [1.29, 1.82) is 0 Å². The SMILES string of the molecule is COC(=O)c1ccccc1C(=O)NC1CCC(Oc2nccnc2OC)CC1. The summed E-state index contributed by atoms with van der Waals surface area (Å²) in [4.78, 5) is 32.7. The Hall–Kier alpha value is -3.16. The van der Waals surface area contributed by atoms with Crippen molar-refractivity contribution >= 4 is 11.9 Å². The van der Waals surface area contributed by atoms with Crippen molar-refractivity contribution in [2.75, 3.05) is 14.2 Å². The van der Waals surface area contributed by atoms with E-state index in [0.29, 0.717) is 17.3 Å². The largest absolute Gasteiger partial charge is 0.477 e. The van der Waals surface area contributed by atoms with Gasteiger partial charge >= 0.3 is 5.97 Å². The summed E-state index contributed by atoms with van der Waals surface area (Å²) in [5, 5.41) is 3.01. The number of rotatable bonds is 6. The number of amides is 1. The number of hydrogen-bond acceptors (Lipinski definition) is 7. The van der Waals surface area contributed by atoms with E-state index in [1.54, 1.807) is 36.7 Å². The third-order valence-corrected chi connectivity index (χ3v) is 4.69. The smallest absolute Gasteiger partial charge is 0.338 e. The van der Waals surface area contributed by atoms with Gasteiger partial charge in [-0.1, -0.05) is 12.1 Å². The van der Waals surface area contributed by atoms with Gasteiger partial charge in [-0.15, -0.1) is 0 Å². The summed E-state index contributed by atoms with van der Waals surface area (Å²) in [7, 11) is 2.82. The van der Waals surface area contributed by atoms with E-state index >= 15 is 0 Å². The lowest BCUT2D eigenvalue weighted by atomic mass is 9.92. The van der Waals surface area contributed by atoms with Gasteiger partial charge in [-0.25, -0.2) is 14.8 Å². The molecular formula is C20H23N3O5. The molecule has 1 amide bonds. The van der Waals surface area contributed by atoms with Crippen molar-refractivity contribution in [3.63, 3.8) is 0 Å². The highest BCUT2D eigenvalue weighted by molar-refractivity contribution is 6.05. The van der Waals surface area contributed by atoms with E-state index < -0.39 is 5.97 Å². The molecule has 0 radical (unpaired) electrons. The van der Waals surface area contributed by atoms with Gasteiger partial charge in [0.25, 0.3) is 17.7 Å². The summed E-state index contributed by atoms with van der Waals surface area (Å²) in [6, 6.07) is 6.64. The summed E-state index contributed by atoms with van der Waals surface area (Å²) in [5.74, 6) is -0.0661. The number of esters is 1. The molecule has 1 aromatic heterocycles. The first kappa shape index (κ1) is 19.6. The number of aromatic nitrogens is 2. The Kier molecular flexibility index (Phi) is 6.41. The predicted octanol–water partition coefficient (Wildman–Crippen LogP) is 2.39. The number of nitrogens with zero attached hydrogens (tertiary/aromatic N) is 2. The van der Waals surface area contributed by atoms with Crippen LogP contribution in [-0.4, -0.2) is 48.2 Å². The van der Waals surface area contributed by atoms with Crippen molar-refractivity contribution in [3.8, 4) is 11.8 Å². The molecule has 2 aromatic rings. The Morgan fingerprint density at radius 2 is 1.61 bits per heavy atom. The second-order valence-electron chi connectivity index (χ2n) is 6.47. The van der Waals surface area contributed by atoms with Gasteiger partial charge < -0.3 is 19.5 Å². The van der Waals surface area contributed by atoms with E-state index in [1.165, 1.54) is 14.2 Å². The van der Waals surface area contributed by atoms with Gasteiger partial charge in [0.2, 0.25) is 0 Å². The van der Waals surface area contributed by atoms with Crippen LogP contribution in [0, 0.1) is 0 Å². The van der Waals surface area contributed by atoms with Crippen LogP contribution >= 0.6 is 0 Å². The van der Waals surface area contributed by atoms with Gasteiger partial charge in [-0.05, 0) is 37.8 Å². The molecule has 1 heterocycles. The maximum Gasteiger partial charge on any atom is 0.338 e. The van der Waals surface area contributed by atoms with Crippen LogP contribution in [-0.2, 0) is 4.74 Å². The van der Waals surface area contributed by atoms with E-state index in [4.69, 9.17) is 14.2 Å². The summed E-state index contributed by atoms with van der Waals surface area (Å²) in [6.45, 7) is 0. The zero-order chi connectivity index (χ0) is 19.9. The van der Waals surface area contributed by atoms with E-state index in [9.17, 15) is 9.59 Å². The minimum Gasteiger partial charge on any atom is -0.477 e. The van der Waals surface area contributed by atoms with Crippen LogP contribution in [0.4, 0.5) is 0 Å². The molecule has 3 rings (SSSR count). The Morgan fingerprint density at radius 1 is 0.964 bits per heavy atom. The zero-order valence-corrected chi connectivity index (χ0v) is 15.9. The third-order valence-electron chi connectivity index (χ3n) is 4.69. The molecule has 0 atom stereocenters. The molecule has 1 saturated carbocycles. The first-order chi connectivity index (χ1) is 13.6. The molecule has 1 aromatic carbocycles. The predicted molar refractivity (Wildman–Crippen MR) is 101 cm³/mol. The lowest BCUT2D eigenvalue weighted by Crippen LogP contribution is -2.40. The maximum absolute atomic E-state index is 12.6. The fourth-order valence-electron chi connectivity index (χ4n) is 3.25. The van der Waals surface area contributed by atoms with Crippen LogP contribution in [0.2, 0.25) is 0 Å². The normalized spacial score (nSPS) is 18.8. The summed E-state index contributed by atoms with van der Waals surface area (Å²) in [5.41, 5.74) is 0.575. The average Bonchev–Trinajstić information content (AvgIpc) is 2.75. The van der Waals surface area contributed by atoms with E-state index in [1.807, 2.05) is 0 Å². The summed E-state index contributed by atoms with van der Waals surface area (Å²) in [6.07, 6.45) is 6.15. The Morgan fingerprint density at radius 3 is 2.25 bits per heavy atom. The number of hydrogen-bond donors (Lipinski definition) is 1. The highest BCUT2D eigenvalue weighted by Gasteiger charge is 2.26. The highest BCUT2D eigenvalue weighted by Crippen LogP contribution is 2.27. The molecule has 0 saturated heterocycles. The third kappa shape index (κ3) is 4.57. The topological polar surface area (TPSA) is 99.6 Å². The number of carbonyl (C=O) groups excluding carboxylic acids is 2. The molecule has 1 N–H and O–H groups in total. The minimum absolute atomic E-state index is 0.0129. The number of ether oxygens (including phenoxy) is 3. The van der Waals surface area contributed by atoms with Gasteiger partial charge in [0.05, 0.1) is 25.3 Å².